The summed E-state index contributed by atoms with van der Waals surface area (Å²) >= 11 is 13.5. The molecule has 0 bridgehead atoms. The largest absolute Gasteiger partial charge is 0.463 e. The third kappa shape index (κ3) is 4.67. The van der Waals surface area contributed by atoms with Gasteiger partial charge in [-0.05, 0) is 48.4 Å². The highest BCUT2D eigenvalue weighted by Crippen LogP contribution is 2.35. The monoisotopic (exact) mass is 534 g/mol. The van der Waals surface area contributed by atoms with Crippen LogP contribution in [0.5, 0.6) is 0 Å². The Hall–Kier alpha value is -3.45. The quantitative estimate of drug-likeness (QED) is 0.329. The number of hydrogen-bond donors (Lipinski definition) is 0. The molecular formula is C28H20Cl2N2O3S. The van der Waals surface area contributed by atoms with Crippen LogP contribution in [0, 0.1) is 0 Å². The molecule has 0 fully saturated rings. The molecule has 8 heteroatoms. The summed E-state index contributed by atoms with van der Waals surface area (Å²) in [4.78, 5) is 32.5. The minimum absolute atomic E-state index is 0.193. The molecule has 180 valence electrons. The van der Waals surface area contributed by atoms with Gasteiger partial charge in [0.15, 0.2) is 4.80 Å². The normalized spacial score (nSPS) is 15.4. The van der Waals surface area contributed by atoms with Gasteiger partial charge in [0.2, 0.25) is 0 Å². The van der Waals surface area contributed by atoms with Crippen LogP contribution in [-0.4, -0.2) is 17.1 Å². The molecule has 2 heterocycles. The van der Waals surface area contributed by atoms with Gasteiger partial charge in [-0.15, -0.1) is 0 Å². The Balaban J connectivity index is 1.82. The first kappa shape index (κ1) is 24.3. The van der Waals surface area contributed by atoms with Gasteiger partial charge in [-0.3, -0.25) is 9.36 Å². The van der Waals surface area contributed by atoms with Crippen LogP contribution < -0.4 is 14.9 Å². The molecule has 1 unspecified atom stereocenters. The summed E-state index contributed by atoms with van der Waals surface area (Å²) in [5.41, 5.74) is 2.85. The van der Waals surface area contributed by atoms with Crippen molar-refractivity contribution in [1.29, 1.82) is 0 Å². The number of thiazole rings is 1. The molecule has 5 nitrogen and oxygen atoms in total. The van der Waals surface area contributed by atoms with Gasteiger partial charge in [-0.25, -0.2) is 9.79 Å². The van der Waals surface area contributed by atoms with E-state index in [9.17, 15) is 9.59 Å². The first-order valence-electron chi connectivity index (χ1n) is 11.3. The number of benzene rings is 3. The number of hydrogen-bond acceptors (Lipinski definition) is 5. The maximum absolute atomic E-state index is 13.8. The molecule has 0 amide bonds. The summed E-state index contributed by atoms with van der Waals surface area (Å²) in [5, 5.41) is 1.17. The standard InChI is InChI=1S/C28H20Cl2N2O3S/c1-2-35-27(34)23-24(18-6-4-3-5-7-18)31-28-32(25(23)19-10-14-21(30)15-11-19)26(33)22(36-28)16-17-8-12-20(29)13-9-17/h3-16,25H,2H2,1H3/b22-16-. The van der Waals surface area contributed by atoms with Gasteiger partial charge >= 0.3 is 5.97 Å². The van der Waals surface area contributed by atoms with Crippen molar-refractivity contribution >= 4 is 52.3 Å². The van der Waals surface area contributed by atoms with Crippen LogP contribution in [0.15, 0.2) is 94.2 Å². The number of carbonyl (C=O) groups is 1. The molecule has 0 radical (unpaired) electrons. The van der Waals surface area contributed by atoms with Gasteiger partial charge in [-0.2, -0.15) is 0 Å². The maximum atomic E-state index is 13.8. The van der Waals surface area contributed by atoms with Crippen LogP contribution in [0.3, 0.4) is 0 Å². The summed E-state index contributed by atoms with van der Waals surface area (Å²) in [7, 11) is 0. The number of aromatic nitrogens is 1. The van der Waals surface area contributed by atoms with Crippen molar-refractivity contribution in [3.8, 4) is 0 Å². The molecule has 0 saturated carbocycles. The lowest BCUT2D eigenvalue weighted by atomic mass is 9.93. The second-order valence-corrected chi connectivity index (χ2v) is 9.92. The van der Waals surface area contributed by atoms with Crippen molar-refractivity contribution in [1.82, 2.24) is 4.57 Å². The molecule has 1 aromatic heterocycles. The summed E-state index contributed by atoms with van der Waals surface area (Å²) in [6.07, 6.45) is 1.80. The fraction of sp³-hybridized carbons (Fsp3) is 0.107. The lowest BCUT2D eigenvalue weighted by Gasteiger charge is -2.25. The summed E-state index contributed by atoms with van der Waals surface area (Å²) in [5.74, 6) is -0.521. The molecule has 0 N–H and O–H groups in total. The van der Waals surface area contributed by atoms with Crippen LogP contribution in [0.2, 0.25) is 10.0 Å². The Labute approximate surface area is 221 Å². The number of rotatable bonds is 5. The predicted molar refractivity (Wildman–Crippen MR) is 144 cm³/mol. The third-order valence-electron chi connectivity index (χ3n) is 5.73. The molecule has 3 aromatic carbocycles. The first-order chi connectivity index (χ1) is 17.5. The van der Waals surface area contributed by atoms with E-state index in [4.69, 9.17) is 32.9 Å². The highest BCUT2D eigenvalue weighted by molar-refractivity contribution is 7.07. The number of ether oxygens (including phenoxy) is 1. The zero-order valence-electron chi connectivity index (χ0n) is 19.2. The van der Waals surface area contributed by atoms with E-state index in [0.29, 0.717) is 30.6 Å². The lowest BCUT2D eigenvalue weighted by molar-refractivity contribution is -0.138. The van der Waals surface area contributed by atoms with Gasteiger partial charge < -0.3 is 4.74 Å². The molecule has 4 aromatic rings. The molecular weight excluding hydrogens is 515 g/mol. The van der Waals surface area contributed by atoms with Gasteiger partial charge in [0, 0.05) is 15.6 Å². The smallest absolute Gasteiger partial charge is 0.338 e. The molecule has 36 heavy (non-hydrogen) atoms. The molecule has 1 aliphatic heterocycles. The van der Waals surface area contributed by atoms with Crippen molar-refractivity contribution in [2.75, 3.05) is 6.61 Å². The van der Waals surface area contributed by atoms with Crippen molar-refractivity contribution in [2.24, 2.45) is 4.99 Å². The molecule has 1 aliphatic rings. The van der Waals surface area contributed by atoms with E-state index < -0.39 is 12.0 Å². The zero-order chi connectivity index (χ0) is 25.2. The SMILES string of the molecule is CCOC(=O)C1=C(c2ccccc2)N=c2s/c(=C\c3ccc(Cl)cc3)c(=O)n2C1c1ccc(Cl)cc1. The minimum Gasteiger partial charge on any atom is -0.463 e. The van der Waals surface area contributed by atoms with E-state index in [-0.39, 0.29) is 12.2 Å². The van der Waals surface area contributed by atoms with Gasteiger partial charge in [0.1, 0.15) is 0 Å². The minimum atomic E-state index is -0.736. The maximum Gasteiger partial charge on any atom is 0.338 e. The van der Waals surface area contributed by atoms with Gasteiger partial charge in [-0.1, -0.05) is 89.1 Å². The summed E-state index contributed by atoms with van der Waals surface area (Å²) in [6.45, 7) is 1.94. The van der Waals surface area contributed by atoms with E-state index in [1.807, 2.05) is 54.6 Å². The van der Waals surface area contributed by atoms with Crippen molar-refractivity contribution in [3.05, 3.63) is 131 Å². The van der Waals surface area contributed by atoms with Gasteiger partial charge in [0.05, 0.1) is 28.5 Å². The van der Waals surface area contributed by atoms with E-state index in [1.165, 1.54) is 11.3 Å². The number of carbonyl (C=O) groups excluding carboxylic acids is 1. The van der Waals surface area contributed by atoms with E-state index in [2.05, 4.69) is 0 Å². The molecule has 0 saturated heterocycles. The predicted octanol–water partition coefficient (Wildman–Crippen LogP) is 5.24. The van der Waals surface area contributed by atoms with Crippen LogP contribution in [0.25, 0.3) is 11.8 Å². The van der Waals surface area contributed by atoms with E-state index in [1.54, 1.807) is 41.8 Å². The van der Waals surface area contributed by atoms with Crippen LogP contribution in [0.1, 0.15) is 29.7 Å². The van der Waals surface area contributed by atoms with Crippen LogP contribution in [0.4, 0.5) is 0 Å². The number of fused-ring (bicyclic) bond motifs is 1. The van der Waals surface area contributed by atoms with E-state index >= 15 is 0 Å². The first-order valence-corrected chi connectivity index (χ1v) is 12.8. The van der Waals surface area contributed by atoms with Gasteiger partial charge in [0.25, 0.3) is 5.56 Å². The van der Waals surface area contributed by atoms with Crippen molar-refractivity contribution in [3.63, 3.8) is 0 Å². The van der Waals surface area contributed by atoms with Crippen molar-refractivity contribution < 1.29 is 9.53 Å². The van der Waals surface area contributed by atoms with Crippen LogP contribution in [-0.2, 0) is 9.53 Å². The second-order valence-electron chi connectivity index (χ2n) is 8.03. The third-order valence-corrected chi connectivity index (χ3v) is 7.21. The molecule has 5 rings (SSSR count). The molecule has 0 spiro atoms. The molecule has 0 aliphatic carbocycles. The summed E-state index contributed by atoms with van der Waals surface area (Å²) < 4.78 is 7.52. The van der Waals surface area contributed by atoms with E-state index in [0.717, 1.165) is 16.7 Å². The average molecular weight is 535 g/mol. The second kappa shape index (κ2) is 10.3. The Kier molecular flexibility index (Phi) is 6.92. The lowest BCUT2D eigenvalue weighted by Crippen LogP contribution is -2.40. The Morgan fingerprint density at radius 3 is 2.28 bits per heavy atom. The highest BCUT2D eigenvalue weighted by atomic mass is 35.5. The number of halogens is 2. The van der Waals surface area contributed by atoms with Crippen molar-refractivity contribution in [2.45, 2.75) is 13.0 Å². The topological polar surface area (TPSA) is 60.7 Å². The average Bonchev–Trinajstić information content (AvgIpc) is 3.20. The Morgan fingerprint density at radius 1 is 1.00 bits per heavy atom. The fourth-order valence-electron chi connectivity index (χ4n) is 4.11. The Morgan fingerprint density at radius 2 is 1.64 bits per heavy atom. The summed E-state index contributed by atoms with van der Waals surface area (Å²) in [6, 6.07) is 23.0. The highest BCUT2D eigenvalue weighted by Gasteiger charge is 2.35. The molecule has 1 atom stereocenters. The number of nitrogens with zero attached hydrogens (tertiary/aromatic N) is 2. The fourth-order valence-corrected chi connectivity index (χ4v) is 5.36. The Bertz CT molecular complexity index is 1640. The zero-order valence-corrected chi connectivity index (χ0v) is 21.5. The van der Waals surface area contributed by atoms with Crippen LogP contribution >= 0.6 is 34.5 Å². The number of esters is 1.